The Morgan fingerprint density at radius 3 is 2.36 bits per heavy atom. The number of quaternary nitrogens is 1. The lowest BCUT2D eigenvalue weighted by molar-refractivity contribution is -0.691. The van der Waals surface area contributed by atoms with E-state index in [1.807, 2.05) is 12.2 Å². The fourth-order valence-electron chi connectivity index (χ4n) is 3.41. The average molecular weight is 388 g/mol. The molecule has 2 aromatic rings. The number of hydrogen-bond donors (Lipinski definition) is 3. The highest BCUT2D eigenvalue weighted by molar-refractivity contribution is 6.00. The summed E-state index contributed by atoms with van der Waals surface area (Å²) in [5, 5.41) is 1.93. The zero-order valence-corrected chi connectivity index (χ0v) is 17.1. The van der Waals surface area contributed by atoms with Gasteiger partial charge in [0.25, 0.3) is 5.56 Å². The van der Waals surface area contributed by atoms with Crippen LogP contribution in [-0.2, 0) is 13.0 Å². The summed E-state index contributed by atoms with van der Waals surface area (Å²) in [7, 11) is 0. The van der Waals surface area contributed by atoms with E-state index in [4.69, 9.17) is 5.73 Å². The van der Waals surface area contributed by atoms with E-state index >= 15 is 0 Å². The second kappa shape index (κ2) is 9.50. The van der Waals surface area contributed by atoms with Gasteiger partial charge in [0.1, 0.15) is 24.0 Å². The minimum Gasteiger partial charge on any atom is -0.384 e. The minimum absolute atomic E-state index is 0.0533. The van der Waals surface area contributed by atoms with E-state index in [0.29, 0.717) is 18.9 Å². The van der Waals surface area contributed by atoms with E-state index in [1.165, 1.54) is 10.1 Å². The first-order valence-electron chi connectivity index (χ1n) is 9.88. The molecule has 28 heavy (non-hydrogen) atoms. The smallest absolute Gasteiger partial charge is 0.329 e. The van der Waals surface area contributed by atoms with Gasteiger partial charge in [-0.1, -0.05) is 52.0 Å². The highest BCUT2D eigenvalue weighted by Gasteiger charge is 2.24. The number of benzene rings is 1. The van der Waals surface area contributed by atoms with Gasteiger partial charge < -0.3 is 11.1 Å². The number of aromatic amines is 1. The molecule has 0 aliphatic carbocycles. The van der Waals surface area contributed by atoms with Crippen LogP contribution in [0.3, 0.4) is 0 Å². The van der Waals surface area contributed by atoms with Crippen molar-refractivity contribution in [1.82, 2.24) is 9.55 Å². The van der Waals surface area contributed by atoms with Crippen molar-refractivity contribution in [3.63, 3.8) is 0 Å². The summed E-state index contributed by atoms with van der Waals surface area (Å²) < 4.78 is 1.25. The van der Waals surface area contributed by atoms with E-state index in [9.17, 15) is 14.4 Å². The van der Waals surface area contributed by atoms with E-state index in [2.05, 4.69) is 50.0 Å². The van der Waals surface area contributed by atoms with Gasteiger partial charge in [0.15, 0.2) is 0 Å². The van der Waals surface area contributed by atoms with Crippen molar-refractivity contribution in [3.05, 3.63) is 61.8 Å². The Hall–Kier alpha value is -2.67. The summed E-state index contributed by atoms with van der Waals surface area (Å²) >= 11 is 0. The van der Waals surface area contributed by atoms with Crippen LogP contribution in [0.2, 0.25) is 0 Å². The SMILES string of the molecule is CCCn1c(N)c(C(=O)C[NH2+][C@H](c2ccc(CC)cc2)C(C)C)c(=O)[nH]c1=O. The molecule has 0 bridgehead atoms. The summed E-state index contributed by atoms with van der Waals surface area (Å²) in [5.74, 6) is -0.133. The van der Waals surface area contributed by atoms with Crippen LogP contribution in [0.15, 0.2) is 33.9 Å². The second-order valence-corrected chi connectivity index (χ2v) is 7.40. The molecule has 0 saturated carbocycles. The van der Waals surface area contributed by atoms with E-state index in [-0.39, 0.29) is 29.8 Å². The van der Waals surface area contributed by atoms with Crippen molar-refractivity contribution in [2.75, 3.05) is 12.3 Å². The highest BCUT2D eigenvalue weighted by Crippen LogP contribution is 2.18. The van der Waals surface area contributed by atoms with E-state index < -0.39 is 11.2 Å². The van der Waals surface area contributed by atoms with Gasteiger partial charge in [0.05, 0.1) is 0 Å². The second-order valence-electron chi connectivity index (χ2n) is 7.40. The predicted octanol–water partition coefficient (Wildman–Crippen LogP) is 1.23. The number of aromatic nitrogens is 2. The molecule has 1 heterocycles. The summed E-state index contributed by atoms with van der Waals surface area (Å²) in [4.78, 5) is 39.1. The van der Waals surface area contributed by atoms with Gasteiger partial charge in [-0.25, -0.2) is 4.79 Å². The molecule has 1 aromatic heterocycles. The number of H-pyrrole nitrogens is 1. The Kier molecular flexibility index (Phi) is 7.34. The van der Waals surface area contributed by atoms with Crippen molar-refractivity contribution in [2.24, 2.45) is 5.92 Å². The lowest BCUT2D eigenvalue weighted by Crippen LogP contribution is -2.88. The zero-order chi connectivity index (χ0) is 20.8. The molecule has 0 saturated heterocycles. The van der Waals surface area contributed by atoms with Gasteiger partial charge in [0, 0.05) is 18.0 Å². The summed E-state index contributed by atoms with van der Waals surface area (Å²) in [6, 6.07) is 8.46. The third kappa shape index (κ3) is 4.78. The molecule has 1 aromatic carbocycles. The fraction of sp³-hybridized carbons (Fsp3) is 0.476. The van der Waals surface area contributed by atoms with Crippen molar-refractivity contribution in [3.8, 4) is 0 Å². The molecule has 0 fully saturated rings. The quantitative estimate of drug-likeness (QED) is 0.562. The Bertz CT molecular complexity index is 926. The molecule has 0 spiro atoms. The number of hydrogen-bond acceptors (Lipinski definition) is 4. The Morgan fingerprint density at radius 2 is 1.82 bits per heavy atom. The van der Waals surface area contributed by atoms with Gasteiger partial charge in [-0.2, -0.15) is 0 Å². The molecule has 1 atom stereocenters. The maximum Gasteiger partial charge on any atom is 0.329 e. The molecule has 5 N–H and O–H groups in total. The van der Waals surface area contributed by atoms with Crippen LogP contribution in [0.4, 0.5) is 5.82 Å². The summed E-state index contributed by atoms with van der Waals surface area (Å²) in [6.45, 7) is 8.63. The Morgan fingerprint density at radius 1 is 1.18 bits per heavy atom. The van der Waals surface area contributed by atoms with Gasteiger partial charge in [0.2, 0.25) is 5.78 Å². The lowest BCUT2D eigenvalue weighted by atomic mass is 9.94. The number of ketones is 1. The van der Waals surface area contributed by atoms with Gasteiger partial charge in [-0.15, -0.1) is 0 Å². The van der Waals surface area contributed by atoms with Crippen LogP contribution in [0.5, 0.6) is 0 Å². The van der Waals surface area contributed by atoms with Crippen LogP contribution in [0.25, 0.3) is 0 Å². The molecular weight excluding hydrogens is 356 g/mol. The number of Topliss-reactive ketones (excluding diaryl/α,β-unsaturated/α-hetero) is 1. The van der Waals surface area contributed by atoms with Crippen molar-refractivity contribution in [1.29, 1.82) is 0 Å². The van der Waals surface area contributed by atoms with Crippen LogP contribution >= 0.6 is 0 Å². The number of carbonyl (C=O) groups is 1. The molecule has 0 radical (unpaired) electrons. The molecule has 7 nitrogen and oxygen atoms in total. The number of carbonyl (C=O) groups excluding carboxylic acids is 1. The predicted molar refractivity (Wildman–Crippen MR) is 111 cm³/mol. The molecular formula is C21H31N4O3+. The molecule has 0 aliphatic heterocycles. The van der Waals surface area contributed by atoms with Crippen LogP contribution in [0.1, 0.15) is 61.6 Å². The Labute approximate surface area is 165 Å². The van der Waals surface area contributed by atoms with Gasteiger partial charge >= 0.3 is 5.69 Å². The fourth-order valence-corrected chi connectivity index (χ4v) is 3.41. The van der Waals surface area contributed by atoms with E-state index in [1.54, 1.807) is 0 Å². The first kappa shape index (κ1) is 21.6. The number of anilines is 1. The number of aryl methyl sites for hydroxylation is 1. The third-order valence-electron chi connectivity index (χ3n) is 5.01. The number of nitrogens with one attached hydrogen (secondary N) is 1. The number of rotatable bonds is 9. The number of nitrogens with two attached hydrogens (primary N) is 2. The molecule has 0 unspecified atom stereocenters. The van der Waals surface area contributed by atoms with E-state index in [0.717, 1.165) is 12.0 Å². The maximum atomic E-state index is 12.8. The van der Waals surface area contributed by atoms with Crippen LogP contribution in [-0.4, -0.2) is 21.9 Å². The minimum atomic E-state index is -0.721. The van der Waals surface area contributed by atoms with Crippen molar-refractivity contribution in [2.45, 2.75) is 53.1 Å². The summed E-state index contributed by atoms with van der Waals surface area (Å²) in [5.41, 5.74) is 6.96. The van der Waals surface area contributed by atoms with Crippen LogP contribution in [0, 0.1) is 5.92 Å². The van der Waals surface area contributed by atoms with Gasteiger partial charge in [-0.05, 0) is 18.4 Å². The monoisotopic (exact) mass is 387 g/mol. The van der Waals surface area contributed by atoms with Crippen LogP contribution < -0.4 is 22.3 Å². The molecule has 0 aliphatic rings. The largest absolute Gasteiger partial charge is 0.384 e. The topological polar surface area (TPSA) is 115 Å². The Balaban J connectivity index is 2.24. The first-order chi connectivity index (χ1) is 13.3. The molecule has 7 heteroatoms. The standard InChI is InChI=1S/C21H30N4O3/c1-5-11-25-19(22)17(20(27)24-21(25)28)16(26)12-23-18(13(3)4)15-9-7-14(6-2)8-10-15/h7-10,13,18,23H,5-6,11-12,22H2,1-4H3,(H,24,27,28)/p+1/t18-/m0/s1. The number of nitrogens with zero attached hydrogens (tertiary/aromatic N) is 1. The first-order valence-corrected chi connectivity index (χ1v) is 9.88. The highest BCUT2D eigenvalue weighted by atomic mass is 16.2. The lowest BCUT2D eigenvalue weighted by Gasteiger charge is -2.20. The number of nitrogen functional groups attached to an aromatic ring is 1. The summed E-state index contributed by atoms with van der Waals surface area (Å²) in [6.07, 6.45) is 1.64. The van der Waals surface area contributed by atoms with Crippen molar-refractivity contribution < 1.29 is 10.1 Å². The molecule has 152 valence electrons. The zero-order valence-electron chi connectivity index (χ0n) is 17.1. The average Bonchev–Trinajstić information content (AvgIpc) is 2.65. The third-order valence-corrected chi connectivity index (χ3v) is 5.01. The van der Waals surface area contributed by atoms with Gasteiger partial charge in [-0.3, -0.25) is 19.1 Å². The maximum absolute atomic E-state index is 12.8. The normalized spacial score (nSPS) is 12.3. The molecule has 2 rings (SSSR count). The van der Waals surface area contributed by atoms with Crippen molar-refractivity contribution >= 4 is 11.6 Å². The molecule has 0 amide bonds.